The topological polar surface area (TPSA) is 95.1 Å². The SMILES string of the molecule is CC(C)(C)C(=O)NC[C@H]1C[C@H](n2cc(-c3cccc(OCc4ccccc4)c3)c3c(N)ncnc32)C1. The first-order valence-corrected chi connectivity index (χ1v) is 12.5. The van der Waals surface area contributed by atoms with Crippen molar-refractivity contribution in [2.24, 2.45) is 11.3 Å². The Morgan fingerprint density at radius 1 is 1.11 bits per heavy atom. The van der Waals surface area contributed by atoms with Gasteiger partial charge < -0.3 is 20.4 Å². The molecule has 2 heterocycles. The first-order chi connectivity index (χ1) is 17.3. The number of ether oxygens (including phenoxy) is 1. The highest BCUT2D eigenvalue weighted by molar-refractivity contribution is 6.00. The minimum atomic E-state index is -0.373. The molecule has 0 radical (unpaired) electrons. The molecule has 7 nitrogen and oxygen atoms in total. The molecule has 1 amide bonds. The van der Waals surface area contributed by atoms with Gasteiger partial charge in [-0.05, 0) is 42.0 Å². The number of rotatable bonds is 7. The number of carbonyl (C=O) groups excluding carboxylic acids is 1. The number of aromatic nitrogens is 3. The Morgan fingerprint density at radius 2 is 1.89 bits per heavy atom. The number of hydrogen-bond acceptors (Lipinski definition) is 5. The van der Waals surface area contributed by atoms with E-state index < -0.39 is 0 Å². The van der Waals surface area contributed by atoms with Crippen molar-refractivity contribution in [3.63, 3.8) is 0 Å². The van der Waals surface area contributed by atoms with Gasteiger partial charge in [0.05, 0.1) is 5.39 Å². The minimum Gasteiger partial charge on any atom is -0.489 e. The van der Waals surface area contributed by atoms with Crippen molar-refractivity contribution in [3.05, 3.63) is 72.7 Å². The zero-order valence-electron chi connectivity index (χ0n) is 21.1. The molecule has 186 valence electrons. The smallest absolute Gasteiger partial charge is 0.225 e. The second-order valence-corrected chi connectivity index (χ2v) is 10.7. The average Bonchev–Trinajstić information content (AvgIpc) is 3.22. The van der Waals surface area contributed by atoms with Gasteiger partial charge in [-0.3, -0.25) is 4.79 Å². The molecule has 7 heteroatoms. The molecule has 4 aromatic rings. The number of anilines is 1. The number of nitrogens with one attached hydrogen (secondary N) is 1. The number of benzene rings is 2. The molecule has 0 bridgehead atoms. The standard InChI is InChI=1S/C29H33N5O2/c1-29(2,3)28(35)31-15-20-12-22(13-20)34-16-24(25-26(30)32-18-33-27(25)34)21-10-7-11-23(14-21)36-17-19-8-5-4-6-9-19/h4-11,14,16,18,20,22H,12-13,15,17H2,1-3H3,(H,31,35)(H2,30,32,33)/t20-,22-. The van der Waals surface area contributed by atoms with Gasteiger partial charge >= 0.3 is 0 Å². The maximum Gasteiger partial charge on any atom is 0.225 e. The van der Waals surface area contributed by atoms with E-state index in [1.807, 2.05) is 57.2 Å². The lowest BCUT2D eigenvalue weighted by atomic mass is 9.79. The van der Waals surface area contributed by atoms with Crippen LogP contribution in [0.2, 0.25) is 0 Å². The molecule has 1 aliphatic carbocycles. The Hall–Kier alpha value is -3.87. The quantitative estimate of drug-likeness (QED) is 0.368. The number of carbonyl (C=O) groups is 1. The average molecular weight is 484 g/mol. The number of amides is 1. The Bertz CT molecular complexity index is 1370. The highest BCUT2D eigenvalue weighted by Crippen LogP contribution is 2.43. The van der Waals surface area contributed by atoms with E-state index in [2.05, 4.69) is 44.2 Å². The van der Waals surface area contributed by atoms with Gasteiger partial charge in [-0.25, -0.2) is 9.97 Å². The summed E-state index contributed by atoms with van der Waals surface area (Å²) >= 11 is 0. The zero-order valence-corrected chi connectivity index (χ0v) is 21.1. The van der Waals surface area contributed by atoms with Crippen molar-refractivity contribution in [1.29, 1.82) is 0 Å². The summed E-state index contributed by atoms with van der Waals surface area (Å²) < 4.78 is 8.29. The lowest BCUT2D eigenvalue weighted by molar-refractivity contribution is -0.128. The molecular formula is C29H33N5O2. The molecule has 5 rings (SSSR count). The van der Waals surface area contributed by atoms with Crippen LogP contribution in [0.4, 0.5) is 5.82 Å². The second kappa shape index (κ2) is 9.64. The predicted molar refractivity (Wildman–Crippen MR) is 142 cm³/mol. The van der Waals surface area contributed by atoms with E-state index in [1.165, 1.54) is 6.33 Å². The van der Waals surface area contributed by atoms with Crippen LogP contribution >= 0.6 is 0 Å². The number of nitrogens with zero attached hydrogens (tertiary/aromatic N) is 3. The second-order valence-electron chi connectivity index (χ2n) is 10.7. The van der Waals surface area contributed by atoms with Gasteiger partial charge in [0.15, 0.2) is 0 Å². The van der Waals surface area contributed by atoms with Gasteiger partial charge in [0.25, 0.3) is 0 Å². The van der Waals surface area contributed by atoms with Crippen LogP contribution in [0.3, 0.4) is 0 Å². The van der Waals surface area contributed by atoms with Crippen LogP contribution in [0.1, 0.15) is 45.2 Å². The van der Waals surface area contributed by atoms with Crippen LogP contribution in [0.15, 0.2) is 67.1 Å². The molecule has 1 fully saturated rings. The van der Waals surface area contributed by atoms with E-state index in [1.54, 1.807) is 0 Å². The van der Waals surface area contributed by atoms with Crippen LogP contribution in [-0.2, 0) is 11.4 Å². The monoisotopic (exact) mass is 483 g/mol. The first-order valence-electron chi connectivity index (χ1n) is 12.5. The number of hydrogen-bond donors (Lipinski definition) is 2. The molecule has 0 saturated heterocycles. The van der Waals surface area contributed by atoms with E-state index in [9.17, 15) is 4.79 Å². The number of nitrogen functional groups attached to an aromatic ring is 1. The fourth-order valence-electron chi connectivity index (χ4n) is 4.70. The van der Waals surface area contributed by atoms with E-state index in [0.29, 0.717) is 30.9 Å². The largest absolute Gasteiger partial charge is 0.489 e. The first kappa shape index (κ1) is 23.9. The molecule has 0 atom stereocenters. The van der Waals surface area contributed by atoms with Crippen molar-refractivity contribution in [3.8, 4) is 16.9 Å². The van der Waals surface area contributed by atoms with E-state index in [4.69, 9.17) is 10.5 Å². The summed E-state index contributed by atoms with van der Waals surface area (Å²) in [4.78, 5) is 21.1. The lowest BCUT2D eigenvalue weighted by Gasteiger charge is -2.37. The third kappa shape index (κ3) is 4.91. The normalized spacial score (nSPS) is 17.5. The molecule has 2 aromatic heterocycles. The zero-order chi connectivity index (χ0) is 25.3. The Labute approximate surface area is 211 Å². The molecule has 1 saturated carbocycles. The summed E-state index contributed by atoms with van der Waals surface area (Å²) in [5, 5.41) is 3.96. The summed E-state index contributed by atoms with van der Waals surface area (Å²) in [6.45, 7) is 7.02. The molecule has 0 aliphatic heterocycles. The van der Waals surface area contributed by atoms with Crippen molar-refractivity contribution in [2.45, 2.75) is 46.3 Å². The molecular weight excluding hydrogens is 450 g/mol. The molecule has 0 spiro atoms. The lowest BCUT2D eigenvalue weighted by Crippen LogP contribution is -2.41. The molecule has 3 N–H and O–H groups in total. The van der Waals surface area contributed by atoms with Gasteiger partial charge in [0, 0.05) is 29.8 Å². The maximum absolute atomic E-state index is 12.2. The summed E-state index contributed by atoms with van der Waals surface area (Å²) in [5.41, 5.74) is 9.95. The maximum atomic E-state index is 12.2. The fraction of sp³-hybridized carbons (Fsp3) is 0.345. The van der Waals surface area contributed by atoms with Crippen LogP contribution in [-0.4, -0.2) is 27.0 Å². The van der Waals surface area contributed by atoms with Gasteiger partial charge in [-0.1, -0.05) is 63.2 Å². The Kier molecular flexibility index (Phi) is 6.39. The Morgan fingerprint density at radius 3 is 2.64 bits per heavy atom. The van der Waals surface area contributed by atoms with Crippen LogP contribution in [0.25, 0.3) is 22.2 Å². The Balaban J connectivity index is 1.35. The molecule has 2 aromatic carbocycles. The van der Waals surface area contributed by atoms with E-state index in [0.717, 1.165) is 46.3 Å². The van der Waals surface area contributed by atoms with Crippen molar-refractivity contribution in [1.82, 2.24) is 19.9 Å². The highest BCUT2D eigenvalue weighted by atomic mass is 16.5. The van der Waals surface area contributed by atoms with Crippen molar-refractivity contribution in [2.75, 3.05) is 12.3 Å². The third-order valence-corrected chi connectivity index (χ3v) is 6.87. The minimum absolute atomic E-state index is 0.0922. The highest BCUT2D eigenvalue weighted by Gasteiger charge is 2.33. The van der Waals surface area contributed by atoms with Gasteiger partial charge in [-0.2, -0.15) is 0 Å². The molecule has 1 aliphatic rings. The van der Waals surface area contributed by atoms with E-state index >= 15 is 0 Å². The summed E-state index contributed by atoms with van der Waals surface area (Å²) in [7, 11) is 0. The third-order valence-electron chi connectivity index (χ3n) is 6.87. The van der Waals surface area contributed by atoms with Crippen LogP contribution in [0.5, 0.6) is 5.75 Å². The molecule has 36 heavy (non-hydrogen) atoms. The number of nitrogens with two attached hydrogens (primary N) is 1. The summed E-state index contributed by atoms with van der Waals surface area (Å²) in [6.07, 6.45) is 5.63. The van der Waals surface area contributed by atoms with E-state index in [-0.39, 0.29) is 11.3 Å². The summed E-state index contributed by atoms with van der Waals surface area (Å²) in [5.74, 6) is 1.81. The van der Waals surface area contributed by atoms with Crippen LogP contribution < -0.4 is 15.8 Å². The molecule has 0 unspecified atom stereocenters. The fourth-order valence-corrected chi connectivity index (χ4v) is 4.70. The van der Waals surface area contributed by atoms with Gasteiger partial charge in [-0.15, -0.1) is 0 Å². The van der Waals surface area contributed by atoms with Crippen molar-refractivity contribution < 1.29 is 9.53 Å². The van der Waals surface area contributed by atoms with Crippen LogP contribution in [0, 0.1) is 11.3 Å². The van der Waals surface area contributed by atoms with Gasteiger partial charge in [0.1, 0.15) is 30.1 Å². The van der Waals surface area contributed by atoms with Gasteiger partial charge in [0.2, 0.25) is 5.91 Å². The number of fused-ring (bicyclic) bond motifs is 1. The summed E-state index contributed by atoms with van der Waals surface area (Å²) in [6, 6.07) is 18.5. The predicted octanol–water partition coefficient (Wildman–Crippen LogP) is 5.37. The van der Waals surface area contributed by atoms with Crippen molar-refractivity contribution >= 4 is 22.8 Å².